The summed E-state index contributed by atoms with van der Waals surface area (Å²) in [6, 6.07) is 23.7. The van der Waals surface area contributed by atoms with Crippen LogP contribution in [0.2, 0.25) is 5.02 Å². The minimum Gasteiger partial charge on any atom is -0.367 e. The number of piperazine rings is 1. The van der Waals surface area contributed by atoms with E-state index < -0.39 is 6.04 Å². The van der Waals surface area contributed by atoms with Gasteiger partial charge in [-0.25, -0.2) is 0 Å². The van der Waals surface area contributed by atoms with Gasteiger partial charge in [0, 0.05) is 36.8 Å². The van der Waals surface area contributed by atoms with Crippen LogP contribution in [0.1, 0.15) is 28.4 Å². The zero-order valence-corrected chi connectivity index (χ0v) is 20.0. The van der Waals surface area contributed by atoms with Gasteiger partial charge in [-0.2, -0.15) is 0 Å². The Labute approximate surface area is 205 Å². The van der Waals surface area contributed by atoms with Crippen LogP contribution in [0.3, 0.4) is 0 Å². The SMILES string of the molecule is CN1CCN(c2ccc(Cl)cc2NC(=O)CC(NC(=O)c2ccccc2)c2ccccc2)CC1. The van der Waals surface area contributed by atoms with Gasteiger partial charge in [-0.15, -0.1) is 0 Å². The minimum atomic E-state index is -0.472. The van der Waals surface area contributed by atoms with E-state index in [2.05, 4.69) is 27.5 Å². The van der Waals surface area contributed by atoms with Crippen LogP contribution in [0, 0.1) is 0 Å². The molecule has 7 heteroatoms. The van der Waals surface area contributed by atoms with Crippen molar-refractivity contribution in [3.05, 3.63) is 95.0 Å². The van der Waals surface area contributed by atoms with Crippen LogP contribution in [0.5, 0.6) is 0 Å². The predicted molar refractivity (Wildman–Crippen MR) is 137 cm³/mol. The largest absolute Gasteiger partial charge is 0.367 e. The maximum absolute atomic E-state index is 13.2. The molecule has 2 N–H and O–H groups in total. The lowest BCUT2D eigenvalue weighted by atomic mass is 10.0. The number of hydrogen-bond donors (Lipinski definition) is 2. The number of carbonyl (C=O) groups is 2. The third-order valence-corrected chi connectivity index (χ3v) is 6.24. The Morgan fingerprint density at radius 1 is 0.912 bits per heavy atom. The molecule has 2 amide bonds. The van der Waals surface area contributed by atoms with Gasteiger partial charge in [0.15, 0.2) is 0 Å². The molecule has 1 heterocycles. The molecule has 176 valence electrons. The molecule has 3 aromatic carbocycles. The Morgan fingerprint density at radius 3 is 2.24 bits per heavy atom. The topological polar surface area (TPSA) is 64.7 Å². The number of halogens is 1. The summed E-state index contributed by atoms with van der Waals surface area (Å²) in [6.07, 6.45) is 0.0945. The number of amides is 2. The molecule has 34 heavy (non-hydrogen) atoms. The first-order chi connectivity index (χ1) is 16.5. The average Bonchev–Trinajstić information content (AvgIpc) is 2.85. The number of carbonyl (C=O) groups excluding carboxylic acids is 2. The quantitative estimate of drug-likeness (QED) is 0.523. The highest BCUT2D eigenvalue weighted by atomic mass is 35.5. The van der Waals surface area contributed by atoms with Crippen LogP contribution < -0.4 is 15.5 Å². The van der Waals surface area contributed by atoms with Gasteiger partial charge < -0.3 is 20.4 Å². The molecule has 1 aliphatic rings. The molecule has 4 rings (SSSR count). The highest BCUT2D eigenvalue weighted by molar-refractivity contribution is 6.31. The van der Waals surface area contributed by atoms with E-state index in [-0.39, 0.29) is 18.2 Å². The van der Waals surface area contributed by atoms with Crippen molar-refractivity contribution in [2.75, 3.05) is 43.4 Å². The van der Waals surface area contributed by atoms with Crippen LogP contribution in [-0.4, -0.2) is 49.9 Å². The summed E-state index contributed by atoms with van der Waals surface area (Å²) in [5.41, 5.74) is 3.06. The highest BCUT2D eigenvalue weighted by Crippen LogP contribution is 2.30. The van der Waals surface area contributed by atoms with E-state index in [1.54, 1.807) is 18.2 Å². The summed E-state index contributed by atoms with van der Waals surface area (Å²) in [5.74, 6) is -0.414. The maximum atomic E-state index is 13.2. The van der Waals surface area contributed by atoms with Crippen molar-refractivity contribution in [2.45, 2.75) is 12.5 Å². The third kappa shape index (κ3) is 6.16. The first kappa shape index (κ1) is 23.8. The second-order valence-corrected chi connectivity index (χ2v) is 8.94. The van der Waals surface area contributed by atoms with E-state index in [0.717, 1.165) is 37.4 Å². The highest BCUT2D eigenvalue weighted by Gasteiger charge is 2.22. The van der Waals surface area contributed by atoms with Gasteiger partial charge in [-0.05, 0) is 42.9 Å². The number of likely N-dealkylation sites (N-methyl/N-ethyl adjacent to an activating group) is 1. The summed E-state index contributed by atoms with van der Waals surface area (Å²) in [7, 11) is 2.11. The summed E-state index contributed by atoms with van der Waals surface area (Å²) in [5, 5.41) is 6.62. The Balaban J connectivity index is 1.51. The van der Waals surface area contributed by atoms with Crippen LogP contribution in [0.25, 0.3) is 0 Å². The molecule has 0 bridgehead atoms. The Kier molecular flexibility index (Phi) is 7.83. The van der Waals surface area contributed by atoms with Crippen molar-refractivity contribution < 1.29 is 9.59 Å². The van der Waals surface area contributed by atoms with E-state index in [1.807, 2.05) is 60.7 Å². The van der Waals surface area contributed by atoms with E-state index >= 15 is 0 Å². The lowest BCUT2D eigenvalue weighted by Gasteiger charge is -2.35. The van der Waals surface area contributed by atoms with Crippen LogP contribution in [-0.2, 0) is 4.79 Å². The van der Waals surface area contributed by atoms with Crippen LogP contribution in [0.15, 0.2) is 78.9 Å². The maximum Gasteiger partial charge on any atom is 0.251 e. The van der Waals surface area contributed by atoms with Crippen molar-refractivity contribution in [1.29, 1.82) is 0 Å². The fourth-order valence-corrected chi connectivity index (χ4v) is 4.26. The van der Waals surface area contributed by atoms with Gasteiger partial charge in [0.25, 0.3) is 5.91 Å². The second-order valence-electron chi connectivity index (χ2n) is 8.51. The molecule has 0 spiro atoms. The van der Waals surface area contributed by atoms with E-state index in [9.17, 15) is 9.59 Å². The Bertz CT molecular complexity index is 1120. The number of rotatable bonds is 7. The molecule has 0 radical (unpaired) electrons. The van der Waals surface area contributed by atoms with Crippen molar-refractivity contribution in [3.8, 4) is 0 Å². The van der Waals surface area contributed by atoms with Crippen molar-refractivity contribution in [2.24, 2.45) is 0 Å². The molecule has 6 nitrogen and oxygen atoms in total. The first-order valence-electron chi connectivity index (χ1n) is 11.4. The normalized spacial score (nSPS) is 14.9. The van der Waals surface area contributed by atoms with Gasteiger partial charge in [0.2, 0.25) is 5.91 Å². The van der Waals surface area contributed by atoms with Gasteiger partial charge in [0.1, 0.15) is 0 Å². The van der Waals surface area contributed by atoms with E-state index in [0.29, 0.717) is 16.3 Å². The number of anilines is 2. The summed E-state index contributed by atoms with van der Waals surface area (Å²) >= 11 is 6.27. The smallest absolute Gasteiger partial charge is 0.251 e. The van der Waals surface area contributed by atoms with Crippen molar-refractivity contribution >= 4 is 34.8 Å². The lowest BCUT2D eigenvalue weighted by Crippen LogP contribution is -2.44. The molecule has 0 saturated carbocycles. The molecule has 1 unspecified atom stereocenters. The van der Waals surface area contributed by atoms with E-state index in [1.165, 1.54) is 0 Å². The Hall–Kier alpha value is -3.35. The molecule has 0 aromatic heterocycles. The zero-order valence-electron chi connectivity index (χ0n) is 19.2. The number of nitrogens with zero attached hydrogens (tertiary/aromatic N) is 2. The summed E-state index contributed by atoms with van der Waals surface area (Å²) in [4.78, 5) is 30.6. The predicted octanol–water partition coefficient (Wildman–Crippen LogP) is 4.59. The fraction of sp³-hybridized carbons (Fsp3) is 0.259. The second kappa shape index (κ2) is 11.2. The molecule has 1 atom stereocenters. The number of hydrogen-bond acceptors (Lipinski definition) is 4. The minimum absolute atomic E-state index is 0.0945. The average molecular weight is 477 g/mol. The molecular formula is C27H29ClN4O2. The molecular weight excluding hydrogens is 448 g/mol. The third-order valence-electron chi connectivity index (χ3n) is 6.01. The van der Waals surface area contributed by atoms with Crippen LogP contribution in [0.4, 0.5) is 11.4 Å². The number of nitrogens with one attached hydrogen (secondary N) is 2. The molecule has 3 aromatic rings. The van der Waals surface area contributed by atoms with Crippen LogP contribution >= 0.6 is 11.6 Å². The molecule has 1 saturated heterocycles. The van der Waals surface area contributed by atoms with Crippen molar-refractivity contribution in [1.82, 2.24) is 10.2 Å². The fourth-order valence-electron chi connectivity index (χ4n) is 4.09. The summed E-state index contributed by atoms with van der Waals surface area (Å²) in [6.45, 7) is 3.66. The zero-order chi connectivity index (χ0) is 23.9. The van der Waals surface area contributed by atoms with Gasteiger partial charge in [0.05, 0.1) is 23.8 Å². The van der Waals surface area contributed by atoms with Gasteiger partial charge in [-0.3, -0.25) is 9.59 Å². The Morgan fingerprint density at radius 2 is 1.56 bits per heavy atom. The lowest BCUT2D eigenvalue weighted by molar-refractivity contribution is -0.116. The molecule has 1 aliphatic heterocycles. The van der Waals surface area contributed by atoms with Crippen molar-refractivity contribution in [3.63, 3.8) is 0 Å². The number of benzene rings is 3. The van der Waals surface area contributed by atoms with Gasteiger partial charge >= 0.3 is 0 Å². The first-order valence-corrected chi connectivity index (χ1v) is 11.8. The molecule has 1 fully saturated rings. The summed E-state index contributed by atoms with van der Waals surface area (Å²) < 4.78 is 0. The van der Waals surface area contributed by atoms with Gasteiger partial charge in [-0.1, -0.05) is 60.1 Å². The molecule has 0 aliphatic carbocycles. The van der Waals surface area contributed by atoms with E-state index in [4.69, 9.17) is 11.6 Å². The monoisotopic (exact) mass is 476 g/mol. The standard InChI is InChI=1S/C27H29ClN4O2/c1-31-14-16-32(17-15-31)25-13-12-22(28)18-24(25)29-26(33)19-23(20-8-4-2-5-9-20)30-27(34)21-10-6-3-7-11-21/h2-13,18,23H,14-17,19H2,1H3,(H,29,33)(H,30,34).